The zero-order valence-electron chi connectivity index (χ0n) is 25.3. The second kappa shape index (κ2) is 5.29. The quantitative estimate of drug-likeness (QED) is 0.786. The summed E-state index contributed by atoms with van der Waals surface area (Å²) in [5, 5.41) is 0. The third-order valence-electron chi connectivity index (χ3n) is 3.76. The molecule has 0 spiro atoms. The van der Waals surface area contributed by atoms with Gasteiger partial charge in [0.15, 0.2) is 0 Å². The molecular formula is C16H25BN2O2. The van der Waals surface area contributed by atoms with Gasteiger partial charge in [0.25, 0.3) is 0 Å². The topological polar surface area (TPSA) is 34.6 Å². The van der Waals surface area contributed by atoms with Crippen LogP contribution in [0.25, 0.3) is 0 Å². The molecule has 0 saturated carbocycles. The van der Waals surface area contributed by atoms with Crippen LogP contribution in [0.1, 0.15) is 64.6 Å². The van der Waals surface area contributed by atoms with Crippen LogP contribution in [0.5, 0.6) is 0 Å². The summed E-state index contributed by atoms with van der Waals surface area (Å²) in [4.78, 5) is 3.56. The lowest BCUT2D eigenvalue weighted by molar-refractivity contribution is 0.00578. The first kappa shape index (κ1) is 5.86. The van der Waals surface area contributed by atoms with Gasteiger partial charge in [0.05, 0.1) is 27.2 Å². The predicted octanol–water partition coefficient (Wildman–Crippen LogP) is 2.37. The number of anilines is 1. The van der Waals surface area contributed by atoms with Gasteiger partial charge in [-0.25, -0.2) is 0 Å². The molecule has 3 heterocycles. The molecule has 0 aliphatic carbocycles. The van der Waals surface area contributed by atoms with Crippen molar-refractivity contribution in [1.82, 2.24) is 4.98 Å². The van der Waals surface area contributed by atoms with Gasteiger partial charge in [-0.2, -0.15) is 0 Å². The first-order valence-corrected chi connectivity index (χ1v) is 6.54. The van der Waals surface area contributed by atoms with Crippen LogP contribution < -0.4 is 10.4 Å². The molecule has 114 valence electrons. The lowest BCUT2D eigenvalue weighted by Crippen LogP contribution is -2.41. The Balaban J connectivity index is 2.33. The van der Waals surface area contributed by atoms with Gasteiger partial charge in [-0.05, 0) is 52.9 Å². The number of hydrogen-bond acceptors (Lipinski definition) is 4. The van der Waals surface area contributed by atoms with Crippen molar-refractivity contribution in [1.29, 1.82) is 0 Å². The van der Waals surface area contributed by atoms with Gasteiger partial charge in [-0.1, -0.05) is 0 Å². The molecule has 2 aliphatic heterocycles. The number of aromatic nitrogens is 1. The van der Waals surface area contributed by atoms with E-state index in [9.17, 15) is 0 Å². The van der Waals surface area contributed by atoms with Crippen molar-refractivity contribution < 1.29 is 27.1 Å². The predicted molar refractivity (Wildman–Crippen MR) is 86.0 cm³/mol. The SMILES string of the molecule is [2H]c1nc([2H])c(N2C([2H])([2H])C([2H])([2H])C([2H])([2H])C([2H])([2H])C2([2H])[2H])c([2H])c1B1OC(C)(C)C(C)(C)O1. The van der Waals surface area contributed by atoms with Crippen molar-refractivity contribution in [3.8, 4) is 0 Å². The Bertz CT molecular complexity index is 985. The second-order valence-corrected chi connectivity index (χ2v) is 5.74. The molecule has 2 aliphatic rings. The van der Waals surface area contributed by atoms with Crippen LogP contribution in [0.2, 0.25) is 0 Å². The van der Waals surface area contributed by atoms with E-state index in [-0.39, 0.29) is 10.4 Å². The molecule has 1 aromatic heterocycles. The van der Waals surface area contributed by atoms with Gasteiger partial charge in [-0.3, -0.25) is 4.98 Å². The van der Waals surface area contributed by atoms with Crippen molar-refractivity contribution in [2.45, 2.75) is 58.0 Å². The molecular weight excluding hydrogens is 263 g/mol. The van der Waals surface area contributed by atoms with E-state index in [0.717, 1.165) is 0 Å². The van der Waals surface area contributed by atoms with Crippen LogP contribution in [0.15, 0.2) is 18.4 Å². The van der Waals surface area contributed by atoms with Crippen molar-refractivity contribution in [3.63, 3.8) is 0 Å². The lowest BCUT2D eigenvalue weighted by atomic mass is 9.80. The summed E-state index contributed by atoms with van der Waals surface area (Å²) in [5.41, 5.74) is -3.18. The summed E-state index contributed by atoms with van der Waals surface area (Å²) in [7, 11) is -1.39. The molecule has 0 unspecified atom stereocenters. The first-order valence-electron chi connectivity index (χ1n) is 13.0. The van der Waals surface area contributed by atoms with Gasteiger partial charge >= 0.3 is 7.12 Å². The molecule has 0 N–H and O–H groups in total. The average molecular weight is 301 g/mol. The third kappa shape index (κ3) is 2.81. The largest absolute Gasteiger partial charge is 0.496 e. The van der Waals surface area contributed by atoms with Crippen LogP contribution >= 0.6 is 0 Å². The highest BCUT2D eigenvalue weighted by molar-refractivity contribution is 6.62. The molecule has 0 aromatic carbocycles. The number of hydrogen-bond donors (Lipinski definition) is 0. The zero-order valence-corrected chi connectivity index (χ0v) is 12.3. The second-order valence-electron chi connectivity index (χ2n) is 5.74. The van der Waals surface area contributed by atoms with E-state index in [4.69, 9.17) is 27.1 Å². The molecule has 2 saturated heterocycles. The van der Waals surface area contributed by atoms with E-state index in [0.29, 0.717) is 0 Å². The van der Waals surface area contributed by atoms with Crippen LogP contribution in [0.3, 0.4) is 0 Å². The molecule has 4 nitrogen and oxygen atoms in total. The number of pyridine rings is 1. The van der Waals surface area contributed by atoms with E-state index in [1.807, 2.05) is 0 Å². The Hall–Kier alpha value is -1.07. The molecule has 21 heavy (non-hydrogen) atoms. The minimum atomic E-state index is -3.65. The fourth-order valence-corrected chi connectivity index (χ4v) is 1.84. The van der Waals surface area contributed by atoms with Crippen LogP contribution in [0, 0.1) is 0 Å². The van der Waals surface area contributed by atoms with Crippen LogP contribution in [-0.2, 0) is 9.31 Å². The van der Waals surface area contributed by atoms with E-state index >= 15 is 0 Å². The standard InChI is InChI=1S/C16H25BN2O2/c1-15(2)16(3,4)21-17(20-15)13-10-14(12-18-11-13)19-8-6-5-7-9-19/h10-12H,5-9H2,1-4H3/i5D2,6D2,7D2,8D2,9D2,10D,11D,12D. The van der Waals surface area contributed by atoms with Crippen molar-refractivity contribution in [2.24, 2.45) is 0 Å². The van der Waals surface area contributed by atoms with Gasteiger partial charge in [0, 0.05) is 38.3 Å². The normalized spacial score (nSPS) is 45.4. The molecule has 0 radical (unpaired) electrons. The molecule has 0 atom stereocenters. The highest BCUT2D eigenvalue weighted by Crippen LogP contribution is 2.36. The fourth-order valence-electron chi connectivity index (χ4n) is 1.84. The van der Waals surface area contributed by atoms with Gasteiger partial charge in [0.2, 0.25) is 0 Å². The van der Waals surface area contributed by atoms with E-state index in [1.54, 1.807) is 27.7 Å². The highest BCUT2D eigenvalue weighted by atomic mass is 16.7. The summed E-state index contributed by atoms with van der Waals surface area (Å²) in [6, 6.07) is -0.842. The summed E-state index contributed by atoms with van der Waals surface area (Å²) in [6.45, 7) is -0.396. The maximum absolute atomic E-state index is 8.65. The highest BCUT2D eigenvalue weighted by Gasteiger charge is 2.51. The van der Waals surface area contributed by atoms with Crippen molar-refractivity contribution >= 4 is 18.3 Å². The minimum Gasteiger partial charge on any atom is -0.399 e. The number of piperidine rings is 1. The number of rotatable bonds is 2. The van der Waals surface area contributed by atoms with Crippen molar-refractivity contribution in [3.05, 3.63) is 18.4 Å². The average Bonchev–Trinajstić information content (AvgIpc) is 2.83. The smallest absolute Gasteiger partial charge is 0.399 e. The Morgan fingerprint density at radius 1 is 1.14 bits per heavy atom. The molecule has 5 heteroatoms. The number of nitrogens with zero attached hydrogens (tertiary/aromatic N) is 2. The summed E-state index contributed by atoms with van der Waals surface area (Å²) in [5.74, 6) is 0. The molecule has 2 fully saturated rings. The Kier molecular flexibility index (Phi) is 1.47. The van der Waals surface area contributed by atoms with Crippen LogP contribution in [-0.4, -0.2) is 36.3 Å². The third-order valence-corrected chi connectivity index (χ3v) is 3.76. The van der Waals surface area contributed by atoms with E-state index in [2.05, 4.69) is 4.98 Å². The van der Waals surface area contributed by atoms with Gasteiger partial charge in [0.1, 0.15) is 0 Å². The molecule has 0 amide bonds. The Morgan fingerprint density at radius 2 is 1.76 bits per heavy atom. The molecule has 3 rings (SSSR count). The lowest BCUT2D eigenvalue weighted by Gasteiger charge is -2.32. The van der Waals surface area contributed by atoms with Crippen LogP contribution in [0.4, 0.5) is 5.69 Å². The first-order chi connectivity index (χ1) is 14.9. The zero-order chi connectivity index (χ0) is 26.7. The maximum atomic E-state index is 8.65. The summed E-state index contributed by atoms with van der Waals surface area (Å²) >= 11 is 0. The fraction of sp³-hybridized carbons (Fsp3) is 0.688. The van der Waals surface area contributed by atoms with Gasteiger partial charge in [-0.15, -0.1) is 0 Å². The van der Waals surface area contributed by atoms with Crippen molar-refractivity contribution in [2.75, 3.05) is 17.9 Å². The van der Waals surface area contributed by atoms with E-state index < -0.39 is 74.5 Å². The summed E-state index contributed by atoms with van der Waals surface area (Å²) < 4.78 is 118. The van der Waals surface area contributed by atoms with E-state index in [1.165, 1.54) is 0 Å². The maximum Gasteiger partial charge on any atom is 0.496 e. The molecule has 0 bridgehead atoms. The monoisotopic (exact) mass is 301 g/mol. The Morgan fingerprint density at radius 3 is 2.38 bits per heavy atom. The van der Waals surface area contributed by atoms with Gasteiger partial charge < -0.3 is 14.2 Å². The molecule has 1 aromatic rings. The minimum absolute atomic E-state index is 0.0901. The summed E-state index contributed by atoms with van der Waals surface area (Å²) in [6.07, 6.45) is -12.6. The Labute approximate surface area is 146 Å².